The minimum Gasteiger partial charge on any atom is -0.349 e. The molecule has 166 valence electrons. The van der Waals surface area contributed by atoms with E-state index in [4.69, 9.17) is 0 Å². The average Bonchev–Trinajstić information content (AvgIpc) is 2.99. The third-order valence-corrected chi connectivity index (χ3v) is 5.93. The summed E-state index contributed by atoms with van der Waals surface area (Å²) in [5.41, 5.74) is 2.23. The summed E-state index contributed by atoms with van der Waals surface area (Å²) in [5, 5.41) is 10.0. The van der Waals surface area contributed by atoms with E-state index < -0.39 is 11.9 Å². The van der Waals surface area contributed by atoms with Gasteiger partial charge in [0, 0.05) is 37.3 Å². The number of rotatable bonds is 3. The maximum Gasteiger partial charge on any atom is 0.435 e. The van der Waals surface area contributed by atoms with Crippen molar-refractivity contribution >= 4 is 11.5 Å². The van der Waals surface area contributed by atoms with Crippen LogP contribution < -0.4 is 10.6 Å². The van der Waals surface area contributed by atoms with E-state index in [0.29, 0.717) is 29.9 Å². The molecule has 1 aromatic carbocycles. The third kappa shape index (κ3) is 4.67. The van der Waals surface area contributed by atoms with Crippen molar-refractivity contribution in [2.75, 3.05) is 26.7 Å². The summed E-state index contributed by atoms with van der Waals surface area (Å²) >= 11 is 0. The van der Waals surface area contributed by atoms with Crippen molar-refractivity contribution in [3.8, 4) is 11.3 Å². The lowest BCUT2D eigenvalue weighted by atomic mass is 9.95. The van der Waals surface area contributed by atoms with Crippen LogP contribution >= 0.6 is 0 Å². The van der Waals surface area contributed by atoms with Crippen molar-refractivity contribution in [2.45, 2.75) is 31.6 Å². The minimum absolute atomic E-state index is 0.124. The number of benzene rings is 1. The SMILES string of the molecule is CN1CCC(NC(=O)C2=CCNCc3ccc(-c4cc(C(F)(F)F)nn4C)cc32)CC1. The number of amides is 1. The number of likely N-dealkylation sites (tertiary alicyclic amines) is 1. The summed E-state index contributed by atoms with van der Waals surface area (Å²) in [6, 6.07) is 6.59. The monoisotopic (exact) mass is 433 g/mol. The molecule has 1 aromatic heterocycles. The quantitative estimate of drug-likeness (QED) is 0.782. The van der Waals surface area contributed by atoms with Crippen LogP contribution in [0.15, 0.2) is 30.3 Å². The first kappa shape index (κ1) is 21.6. The van der Waals surface area contributed by atoms with Crippen LogP contribution in [0, 0.1) is 0 Å². The van der Waals surface area contributed by atoms with Crippen LogP contribution in [0.2, 0.25) is 0 Å². The Bertz CT molecular complexity index is 1000. The molecule has 31 heavy (non-hydrogen) atoms. The van der Waals surface area contributed by atoms with Gasteiger partial charge in [-0.1, -0.05) is 18.2 Å². The van der Waals surface area contributed by atoms with E-state index in [1.54, 1.807) is 12.1 Å². The number of aryl methyl sites for hydroxylation is 1. The number of fused-ring (bicyclic) bond motifs is 1. The fraction of sp³-hybridized carbons (Fsp3) is 0.455. The Kier molecular flexibility index (Phi) is 5.90. The Hall–Kier alpha value is -2.65. The van der Waals surface area contributed by atoms with Crippen LogP contribution in [0.1, 0.15) is 29.7 Å². The van der Waals surface area contributed by atoms with Gasteiger partial charge in [0.25, 0.3) is 5.91 Å². The number of hydrogen-bond acceptors (Lipinski definition) is 4. The van der Waals surface area contributed by atoms with E-state index in [1.807, 2.05) is 12.1 Å². The lowest BCUT2D eigenvalue weighted by Crippen LogP contribution is -2.43. The average molecular weight is 433 g/mol. The van der Waals surface area contributed by atoms with E-state index in [9.17, 15) is 18.0 Å². The third-order valence-electron chi connectivity index (χ3n) is 5.93. The summed E-state index contributed by atoms with van der Waals surface area (Å²) in [7, 11) is 3.55. The maximum absolute atomic E-state index is 13.1. The molecule has 2 N–H and O–H groups in total. The zero-order valence-electron chi connectivity index (χ0n) is 17.6. The topological polar surface area (TPSA) is 62.2 Å². The zero-order chi connectivity index (χ0) is 22.2. The number of alkyl halides is 3. The van der Waals surface area contributed by atoms with Crippen LogP contribution in [0.4, 0.5) is 13.2 Å². The van der Waals surface area contributed by atoms with Gasteiger partial charge in [-0.05, 0) is 56.2 Å². The molecule has 0 spiro atoms. The summed E-state index contributed by atoms with van der Waals surface area (Å²) in [5.74, 6) is -0.141. The van der Waals surface area contributed by atoms with Crippen molar-refractivity contribution in [1.29, 1.82) is 0 Å². The van der Waals surface area contributed by atoms with Crippen LogP contribution in [0.5, 0.6) is 0 Å². The van der Waals surface area contributed by atoms with Crippen molar-refractivity contribution in [3.05, 3.63) is 47.2 Å². The first-order chi connectivity index (χ1) is 14.7. The molecule has 0 bridgehead atoms. The second-order valence-electron chi connectivity index (χ2n) is 8.21. The van der Waals surface area contributed by atoms with Gasteiger partial charge in [0.2, 0.25) is 0 Å². The molecule has 1 fully saturated rings. The van der Waals surface area contributed by atoms with E-state index in [1.165, 1.54) is 11.7 Å². The molecule has 9 heteroatoms. The number of piperidine rings is 1. The summed E-state index contributed by atoms with van der Waals surface area (Å²) in [6.07, 6.45) is -0.860. The lowest BCUT2D eigenvalue weighted by Gasteiger charge is -2.29. The number of halogens is 3. The smallest absolute Gasteiger partial charge is 0.349 e. The molecular weight excluding hydrogens is 407 g/mol. The number of carbonyl (C=O) groups is 1. The molecule has 0 aliphatic carbocycles. The number of nitrogens with zero attached hydrogens (tertiary/aromatic N) is 3. The first-order valence-corrected chi connectivity index (χ1v) is 10.4. The number of carbonyl (C=O) groups excluding carboxylic acids is 1. The van der Waals surface area contributed by atoms with Gasteiger partial charge in [-0.15, -0.1) is 0 Å². The fourth-order valence-corrected chi connectivity index (χ4v) is 4.14. The molecular formula is C22H26F3N5O. The van der Waals surface area contributed by atoms with Crippen molar-refractivity contribution < 1.29 is 18.0 Å². The Morgan fingerprint density at radius 1 is 1.19 bits per heavy atom. The number of aromatic nitrogens is 2. The van der Waals surface area contributed by atoms with Crippen LogP contribution in [-0.4, -0.2) is 53.3 Å². The van der Waals surface area contributed by atoms with Gasteiger partial charge in [0.15, 0.2) is 5.69 Å². The van der Waals surface area contributed by atoms with E-state index >= 15 is 0 Å². The Labute approximate surface area is 179 Å². The second kappa shape index (κ2) is 8.47. The lowest BCUT2D eigenvalue weighted by molar-refractivity contribution is -0.141. The zero-order valence-corrected chi connectivity index (χ0v) is 17.6. The van der Waals surface area contributed by atoms with Crippen molar-refractivity contribution in [3.63, 3.8) is 0 Å². The van der Waals surface area contributed by atoms with Crippen LogP contribution in [-0.2, 0) is 24.6 Å². The standard InChI is InChI=1S/C22H26F3N5O/c1-29-9-6-16(7-10-29)27-21(31)17-5-8-26-13-15-4-3-14(11-18(15)17)19-12-20(22(23,24)25)28-30(19)2/h3-5,11-12,16,26H,6-10,13H2,1-2H3,(H,27,31). The largest absolute Gasteiger partial charge is 0.435 e. The molecule has 0 atom stereocenters. The molecule has 1 saturated heterocycles. The van der Waals surface area contributed by atoms with Gasteiger partial charge in [0.1, 0.15) is 0 Å². The molecule has 6 nitrogen and oxygen atoms in total. The Morgan fingerprint density at radius 2 is 1.94 bits per heavy atom. The number of hydrogen-bond donors (Lipinski definition) is 2. The van der Waals surface area contributed by atoms with Crippen LogP contribution in [0.25, 0.3) is 16.8 Å². The van der Waals surface area contributed by atoms with Gasteiger partial charge in [-0.2, -0.15) is 18.3 Å². The van der Waals surface area contributed by atoms with E-state index in [2.05, 4.69) is 27.7 Å². The highest BCUT2D eigenvalue weighted by molar-refractivity contribution is 6.20. The highest BCUT2D eigenvalue weighted by Crippen LogP contribution is 2.33. The molecule has 0 radical (unpaired) electrons. The fourth-order valence-electron chi connectivity index (χ4n) is 4.14. The molecule has 0 unspecified atom stereocenters. The highest BCUT2D eigenvalue weighted by Gasteiger charge is 2.35. The van der Waals surface area contributed by atoms with Gasteiger partial charge in [-0.3, -0.25) is 9.48 Å². The second-order valence-corrected chi connectivity index (χ2v) is 8.21. The van der Waals surface area contributed by atoms with Gasteiger partial charge < -0.3 is 15.5 Å². The highest BCUT2D eigenvalue weighted by atomic mass is 19.4. The molecule has 2 aliphatic rings. The molecule has 2 aliphatic heterocycles. The van der Waals surface area contributed by atoms with E-state index in [-0.39, 0.29) is 11.9 Å². The Balaban J connectivity index is 1.64. The minimum atomic E-state index is -4.51. The maximum atomic E-state index is 13.1. The number of nitrogens with one attached hydrogen (secondary N) is 2. The summed E-state index contributed by atoms with van der Waals surface area (Å²) < 4.78 is 40.5. The molecule has 1 amide bonds. The van der Waals surface area contributed by atoms with E-state index in [0.717, 1.165) is 43.1 Å². The molecule has 3 heterocycles. The predicted molar refractivity (Wildman–Crippen MR) is 112 cm³/mol. The van der Waals surface area contributed by atoms with Crippen LogP contribution in [0.3, 0.4) is 0 Å². The predicted octanol–water partition coefficient (Wildman–Crippen LogP) is 2.80. The Morgan fingerprint density at radius 3 is 2.61 bits per heavy atom. The summed E-state index contributed by atoms with van der Waals surface area (Å²) in [6.45, 7) is 3.00. The normalized spacial score (nSPS) is 18.3. The van der Waals surface area contributed by atoms with Gasteiger partial charge in [-0.25, -0.2) is 0 Å². The van der Waals surface area contributed by atoms with Gasteiger partial charge in [0.05, 0.1) is 5.69 Å². The first-order valence-electron chi connectivity index (χ1n) is 10.4. The summed E-state index contributed by atoms with van der Waals surface area (Å²) in [4.78, 5) is 15.4. The van der Waals surface area contributed by atoms with Crippen molar-refractivity contribution in [1.82, 2.24) is 25.3 Å². The van der Waals surface area contributed by atoms with Crippen molar-refractivity contribution in [2.24, 2.45) is 7.05 Å². The molecule has 0 saturated carbocycles. The van der Waals surface area contributed by atoms with Gasteiger partial charge >= 0.3 is 6.18 Å². The molecule has 4 rings (SSSR count). The molecule has 2 aromatic rings.